The smallest absolute Gasteiger partial charge is 0.251 e. The molecule has 0 saturated carbocycles. The van der Waals surface area contributed by atoms with Gasteiger partial charge in [-0.05, 0) is 48.9 Å². The highest BCUT2D eigenvalue weighted by Gasteiger charge is 2.16. The molecule has 8 heteroatoms. The van der Waals surface area contributed by atoms with E-state index in [1.54, 1.807) is 25.1 Å². The van der Waals surface area contributed by atoms with Crippen LogP contribution in [0.3, 0.4) is 0 Å². The molecular formula is C18H16Cl2N2O3S. The Balaban J connectivity index is 2.10. The molecule has 0 saturated heterocycles. The Morgan fingerprint density at radius 3 is 2.38 bits per heavy atom. The van der Waals surface area contributed by atoms with Crippen molar-refractivity contribution >= 4 is 39.1 Å². The summed E-state index contributed by atoms with van der Waals surface area (Å²) >= 11 is 11.9. The molecule has 2 N–H and O–H groups in total. The van der Waals surface area contributed by atoms with Crippen LogP contribution in [0.1, 0.15) is 28.9 Å². The van der Waals surface area contributed by atoms with E-state index in [4.69, 9.17) is 29.6 Å². The van der Waals surface area contributed by atoms with Gasteiger partial charge in [0.1, 0.15) is 0 Å². The lowest BCUT2D eigenvalue weighted by Crippen LogP contribution is -2.27. The van der Waals surface area contributed by atoms with Crippen molar-refractivity contribution in [3.63, 3.8) is 0 Å². The molecule has 136 valence electrons. The van der Waals surface area contributed by atoms with Crippen LogP contribution in [-0.2, 0) is 10.0 Å². The van der Waals surface area contributed by atoms with Gasteiger partial charge in [-0.15, -0.1) is 6.42 Å². The van der Waals surface area contributed by atoms with Crippen LogP contribution in [0, 0.1) is 12.3 Å². The second-order valence-corrected chi connectivity index (χ2v) is 8.00. The summed E-state index contributed by atoms with van der Waals surface area (Å²) in [4.78, 5) is 12.4. The summed E-state index contributed by atoms with van der Waals surface area (Å²) in [5, 5.41) is 3.66. The highest BCUT2D eigenvalue weighted by atomic mass is 35.5. The van der Waals surface area contributed by atoms with E-state index in [0.717, 1.165) is 5.56 Å². The van der Waals surface area contributed by atoms with Crippen LogP contribution in [0.5, 0.6) is 0 Å². The molecule has 0 radical (unpaired) electrons. The van der Waals surface area contributed by atoms with Crippen molar-refractivity contribution in [2.24, 2.45) is 0 Å². The molecule has 0 heterocycles. The zero-order valence-corrected chi connectivity index (χ0v) is 16.1. The lowest BCUT2D eigenvalue weighted by atomic mass is 10.1. The second-order valence-electron chi connectivity index (χ2n) is 5.42. The van der Waals surface area contributed by atoms with Gasteiger partial charge in [-0.1, -0.05) is 35.2 Å². The average Bonchev–Trinajstić information content (AvgIpc) is 2.62. The third-order valence-electron chi connectivity index (χ3n) is 3.58. The molecule has 0 fully saturated rings. The molecule has 0 bridgehead atoms. The van der Waals surface area contributed by atoms with Gasteiger partial charge >= 0.3 is 0 Å². The van der Waals surface area contributed by atoms with Crippen LogP contribution in [0.4, 0.5) is 0 Å². The van der Waals surface area contributed by atoms with Crippen molar-refractivity contribution in [1.82, 2.24) is 10.0 Å². The Hall–Kier alpha value is -2.04. The third kappa shape index (κ3) is 4.99. The molecule has 5 nitrogen and oxygen atoms in total. The fourth-order valence-electron chi connectivity index (χ4n) is 2.15. The quantitative estimate of drug-likeness (QED) is 0.716. The Morgan fingerprint density at radius 2 is 1.81 bits per heavy atom. The second kappa shape index (κ2) is 8.56. The number of carbonyl (C=O) groups is 1. The number of terminal acetylenes is 1. The van der Waals surface area contributed by atoms with Crippen LogP contribution in [0.25, 0.3) is 0 Å². The van der Waals surface area contributed by atoms with E-state index in [0.29, 0.717) is 15.6 Å². The monoisotopic (exact) mass is 410 g/mol. The van der Waals surface area contributed by atoms with Crippen molar-refractivity contribution in [1.29, 1.82) is 0 Å². The predicted octanol–water partition coefficient (Wildman–Crippen LogP) is 3.40. The summed E-state index contributed by atoms with van der Waals surface area (Å²) in [6.45, 7) is 1.70. The predicted molar refractivity (Wildman–Crippen MR) is 103 cm³/mol. The number of benzene rings is 2. The molecule has 0 aliphatic heterocycles. The van der Waals surface area contributed by atoms with E-state index in [1.807, 2.05) is 0 Å². The van der Waals surface area contributed by atoms with E-state index in [1.165, 1.54) is 24.3 Å². The highest BCUT2D eigenvalue weighted by molar-refractivity contribution is 7.89. The number of nitrogens with one attached hydrogen (secondary N) is 2. The Kier molecular flexibility index (Phi) is 6.68. The molecule has 0 aromatic heterocycles. The van der Waals surface area contributed by atoms with Gasteiger partial charge in [0.2, 0.25) is 10.0 Å². The maximum Gasteiger partial charge on any atom is 0.251 e. The van der Waals surface area contributed by atoms with Crippen LogP contribution < -0.4 is 10.0 Å². The fraction of sp³-hybridized carbons (Fsp3) is 0.167. The molecule has 0 spiro atoms. The summed E-state index contributed by atoms with van der Waals surface area (Å²) in [5.74, 6) is 1.85. The van der Waals surface area contributed by atoms with Crippen molar-refractivity contribution < 1.29 is 13.2 Å². The van der Waals surface area contributed by atoms with Gasteiger partial charge in [-0.2, -0.15) is 4.72 Å². The van der Waals surface area contributed by atoms with E-state index in [9.17, 15) is 13.2 Å². The number of amides is 1. The Bertz CT molecular complexity index is 951. The molecule has 1 atom stereocenters. The first kappa shape index (κ1) is 20.3. The first-order valence-electron chi connectivity index (χ1n) is 7.53. The lowest BCUT2D eigenvalue weighted by molar-refractivity contribution is 0.0940. The lowest BCUT2D eigenvalue weighted by Gasteiger charge is -2.15. The topological polar surface area (TPSA) is 75.3 Å². The van der Waals surface area contributed by atoms with Gasteiger partial charge in [0.15, 0.2) is 0 Å². The fourth-order valence-corrected chi connectivity index (χ4v) is 3.39. The molecule has 2 aromatic carbocycles. The molecule has 2 aromatic rings. The summed E-state index contributed by atoms with van der Waals surface area (Å²) in [5.41, 5.74) is 1.12. The van der Waals surface area contributed by atoms with E-state index in [-0.39, 0.29) is 23.4 Å². The SMILES string of the molecule is C#CCNS(=O)(=O)c1ccc(C(=O)NC(C)c2ccc(Cl)c(Cl)c2)cc1. The molecule has 26 heavy (non-hydrogen) atoms. The van der Waals surface area contributed by atoms with Crippen molar-refractivity contribution in [3.8, 4) is 12.3 Å². The molecule has 1 unspecified atom stereocenters. The van der Waals surface area contributed by atoms with Crippen molar-refractivity contribution in [2.75, 3.05) is 6.54 Å². The maximum absolute atomic E-state index is 12.4. The van der Waals surface area contributed by atoms with Crippen LogP contribution in [0.15, 0.2) is 47.4 Å². The maximum atomic E-state index is 12.4. The first-order valence-corrected chi connectivity index (χ1v) is 9.77. The van der Waals surface area contributed by atoms with Crippen LogP contribution in [-0.4, -0.2) is 20.9 Å². The van der Waals surface area contributed by atoms with Crippen molar-refractivity contribution in [3.05, 3.63) is 63.6 Å². The minimum Gasteiger partial charge on any atom is -0.346 e. The normalized spacial score (nSPS) is 12.2. The van der Waals surface area contributed by atoms with Gasteiger partial charge in [0.25, 0.3) is 5.91 Å². The Labute approximate surface area is 162 Å². The van der Waals surface area contributed by atoms with Gasteiger partial charge in [-0.3, -0.25) is 4.79 Å². The minimum absolute atomic E-state index is 0.0295. The number of rotatable bonds is 6. The van der Waals surface area contributed by atoms with E-state index < -0.39 is 10.0 Å². The Morgan fingerprint density at radius 1 is 1.15 bits per heavy atom. The molecular weight excluding hydrogens is 395 g/mol. The van der Waals surface area contributed by atoms with Crippen molar-refractivity contribution in [2.45, 2.75) is 17.9 Å². The summed E-state index contributed by atoms with van der Waals surface area (Å²) < 4.78 is 26.2. The molecule has 0 aliphatic carbocycles. The van der Waals surface area contributed by atoms with E-state index >= 15 is 0 Å². The minimum atomic E-state index is -3.69. The van der Waals surface area contributed by atoms with Crippen LogP contribution >= 0.6 is 23.2 Å². The molecule has 2 rings (SSSR count). The van der Waals surface area contributed by atoms with Gasteiger partial charge in [-0.25, -0.2) is 8.42 Å². The first-order chi connectivity index (χ1) is 12.2. The summed E-state index contributed by atoms with van der Waals surface area (Å²) in [7, 11) is -3.69. The zero-order chi connectivity index (χ0) is 19.3. The number of hydrogen-bond donors (Lipinski definition) is 2. The van der Waals surface area contributed by atoms with Gasteiger partial charge < -0.3 is 5.32 Å². The molecule has 0 aliphatic rings. The molecule has 1 amide bonds. The standard InChI is InChI=1S/C18H16Cl2N2O3S/c1-3-10-21-26(24,25)15-7-4-13(5-8-15)18(23)22-12(2)14-6-9-16(19)17(20)11-14/h1,4-9,11-12,21H,10H2,2H3,(H,22,23). The number of carbonyl (C=O) groups excluding carboxylic acids is 1. The van der Waals surface area contributed by atoms with E-state index in [2.05, 4.69) is 16.0 Å². The summed E-state index contributed by atoms with van der Waals surface area (Å²) in [6, 6.07) is 10.4. The summed E-state index contributed by atoms with van der Waals surface area (Å²) in [6.07, 6.45) is 5.04. The largest absolute Gasteiger partial charge is 0.346 e. The number of hydrogen-bond acceptors (Lipinski definition) is 3. The van der Waals surface area contributed by atoms with Gasteiger partial charge in [0.05, 0.1) is 27.5 Å². The zero-order valence-electron chi connectivity index (χ0n) is 13.8. The number of sulfonamides is 1. The van der Waals surface area contributed by atoms with Gasteiger partial charge in [0, 0.05) is 5.56 Å². The number of halogens is 2. The third-order valence-corrected chi connectivity index (χ3v) is 5.74. The average molecular weight is 411 g/mol. The van der Waals surface area contributed by atoms with Crippen LogP contribution in [0.2, 0.25) is 10.0 Å². The highest BCUT2D eigenvalue weighted by Crippen LogP contribution is 2.25.